The Balaban J connectivity index is 1.47. The third-order valence-electron chi connectivity index (χ3n) is 5.09. The number of cyclic esters (lactones) is 1. The third kappa shape index (κ3) is 4.79. The van der Waals surface area contributed by atoms with Crippen molar-refractivity contribution in [1.82, 2.24) is 14.9 Å². The van der Waals surface area contributed by atoms with E-state index in [4.69, 9.17) is 9.47 Å². The summed E-state index contributed by atoms with van der Waals surface area (Å²) in [6.45, 7) is 0.0896. The van der Waals surface area contributed by atoms with Crippen molar-refractivity contribution >= 4 is 23.6 Å². The van der Waals surface area contributed by atoms with Crippen molar-refractivity contribution in [3.05, 3.63) is 92.0 Å². The summed E-state index contributed by atoms with van der Waals surface area (Å²) in [6.07, 6.45) is 2.50. The van der Waals surface area contributed by atoms with Gasteiger partial charge in [0.1, 0.15) is 18.0 Å². The lowest BCUT2D eigenvalue weighted by Crippen LogP contribution is -2.35. The van der Waals surface area contributed by atoms with Crippen LogP contribution in [0.3, 0.4) is 0 Å². The number of ether oxygens (including phenoxy) is 2. The van der Waals surface area contributed by atoms with Crippen molar-refractivity contribution in [2.24, 2.45) is 0 Å². The molecule has 1 aliphatic rings. The summed E-state index contributed by atoms with van der Waals surface area (Å²) in [5.74, 6) is -0.586. The number of carbonyl (C=O) groups excluding carboxylic acids is 2. The van der Waals surface area contributed by atoms with Crippen LogP contribution in [-0.4, -0.2) is 44.1 Å². The fourth-order valence-electron chi connectivity index (χ4n) is 3.48. The molecule has 1 fully saturated rings. The number of non-ortho nitro benzene ring substituents is 1. The summed E-state index contributed by atoms with van der Waals surface area (Å²) in [5, 5.41) is 25.4. The second-order valence-corrected chi connectivity index (χ2v) is 7.31. The van der Waals surface area contributed by atoms with E-state index in [0.29, 0.717) is 17.5 Å². The number of esters is 1. The molecule has 174 valence electrons. The molecule has 34 heavy (non-hydrogen) atoms. The SMILES string of the molecule is O=Cc1cccc(COC2NC(Cc3cncn3-c3ccc([N+](=O)[O-])cc3[N+](=O)[O-])C(=O)O2)c1. The van der Waals surface area contributed by atoms with Gasteiger partial charge in [0.2, 0.25) is 0 Å². The predicted octanol–water partition coefficient (Wildman–Crippen LogP) is 2.06. The average Bonchev–Trinajstić information content (AvgIpc) is 3.43. The van der Waals surface area contributed by atoms with Crippen molar-refractivity contribution < 1.29 is 28.9 Å². The van der Waals surface area contributed by atoms with Crippen LogP contribution in [0.2, 0.25) is 0 Å². The van der Waals surface area contributed by atoms with Crippen LogP contribution in [-0.2, 0) is 27.3 Å². The van der Waals surface area contributed by atoms with Crippen LogP contribution in [0.4, 0.5) is 11.4 Å². The first-order valence-electron chi connectivity index (χ1n) is 9.92. The smallest absolute Gasteiger partial charge is 0.327 e. The maximum Gasteiger partial charge on any atom is 0.327 e. The first-order chi connectivity index (χ1) is 16.4. The predicted molar refractivity (Wildman–Crippen MR) is 114 cm³/mol. The van der Waals surface area contributed by atoms with Gasteiger partial charge in [0, 0.05) is 29.9 Å². The van der Waals surface area contributed by atoms with E-state index in [-0.39, 0.29) is 18.7 Å². The molecule has 2 unspecified atom stereocenters. The first kappa shape index (κ1) is 22.7. The molecule has 3 aromatic rings. The quantitative estimate of drug-likeness (QED) is 0.213. The molecule has 13 heteroatoms. The Labute approximate surface area is 191 Å². The van der Waals surface area contributed by atoms with Gasteiger partial charge >= 0.3 is 5.97 Å². The van der Waals surface area contributed by atoms with Crippen molar-refractivity contribution in [1.29, 1.82) is 0 Å². The number of nitrogens with one attached hydrogen (secondary N) is 1. The highest BCUT2D eigenvalue weighted by atomic mass is 16.7. The number of nitro groups is 2. The van der Waals surface area contributed by atoms with E-state index < -0.39 is 39.6 Å². The second-order valence-electron chi connectivity index (χ2n) is 7.31. The third-order valence-corrected chi connectivity index (χ3v) is 5.09. The number of imidazole rings is 1. The highest BCUT2D eigenvalue weighted by Gasteiger charge is 2.35. The molecule has 13 nitrogen and oxygen atoms in total. The monoisotopic (exact) mass is 467 g/mol. The molecule has 0 bridgehead atoms. The van der Waals surface area contributed by atoms with Gasteiger partial charge < -0.3 is 9.47 Å². The maximum atomic E-state index is 12.3. The minimum absolute atomic E-state index is 0.0630. The lowest BCUT2D eigenvalue weighted by atomic mass is 10.1. The zero-order valence-corrected chi connectivity index (χ0v) is 17.4. The number of rotatable bonds is 9. The Morgan fingerprint density at radius 1 is 1.18 bits per heavy atom. The van der Waals surface area contributed by atoms with Crippen LogP contribution in [0, 0.1) is 20.2 Å². The number of nitro benzene ring substituents is 2. The van der Waals surface area contributed by atoms with E-state index in [1.807, 2.05) is 0 Å². The molecular weight excluding hydrogens is 450 g/mol. The number of nitrogens with zero attached hydrogens (tertiary/aromatic N) is 4. The molecule has 4 rings (SSSR count). The Morgan fingerprint density at radius 3 is 2.74 bits per heavy atom. The first-order valence-corrected chi connectivity index (χ1v) is 9.92. The largest absolute Gasteiger partial charge is 0.420 e. The van der Waals surface area contributed by atoms with E-state index >= 15 is 0 Å². The second kappa shape index (κ2) is 9.56. The minimum atomic E-state index is -1.03. The van der Waals surface area contributed by atoms with Gasteiger partial charge in [-0.1, -0.05) is 18.2 Å². The van der Waals surface area contributed by atoms with Crippen molar-refractivity contribution in [2.75, 3.05) is 0 Å². The number of benzene rings is 2. The normalized spacial score (nSPS) is 17.4. The molecule has 1 saturated heterocycles. The molecule has 0 saturated carbocycles. The fourth-order valence-corrected chi connectivity index (χ4v) is 3.48. The van der Waals surface area contributed by atoms with Crippen LogP contribution in [0.5, 0.6) is 0 Å². The van der Waals surface area contributed by atoms with Gasteiger partial charge in [0.15, 0.2) is 0 Å². The molecule has 2 atom stereocenters. The van der Waals surface area contributed by atoms with Crippen molar-refractivity contribution in [3.63, 3.8) is 0 Å². The number of carbonyl (C=O) groups is 2. The van der Waals surface area contributed by atoms with Gasteiger partial charge in [0.05, 0.1) is 28.8 Å². The number of hydrogen-bond acceptors (Lipinski definition) is 10. The van der Waals surface area contributed by atoms with Gasteiger partial charge in [0.25, 0.3) is 17.8 Å². The lowest BCUT2D eigenvalue weighted by molar-refractivity contribution is -0.394. The Kier molecular flexibility index (Phi) is 6.38. The van der Waals surface area contributed by atoms with E-state index in [9.17, 15) is 29.8 Å². The Morgan fingerprint density at radius 2 is 2.00 bits per heavy atom. The standard InChI is InChI=1S/C21H17N5O8/c27-10-13-2-1-3-14(6-13)11-33-21-23-17(20(28)34-21)7-16-9-22-12-24(16)18-5-4-15(25(29)30)8-19(18)26(31)32/h1-6,8-10,12,17,21,23H,7,11H2. The summed E-state index contributed by atoms with van der Waals surface area (Å²) in [4.78, 5) is 48.3. The van der Waals surface area contributed by atoms with Crippen LogP contribution in [0.1, 0.15) is 21.6 Å². The van der Waals surface area contributed by atoms with Crippen molar-refractivity contribution in [3.8, 4) is 5.69 Å². The number of aromatic nitrogens is 2. The lowest BCUT2D eigenvalue weighted by Gasteiger charge is -2.13. The van der Waals surface area contributed by atoms with Gasteiger partial charge in [-0.2, -0.15) is 0 Å². The molecule has 1 N–H and O–H groups in total. The maximum absolute atomic E-state index is 12.3. The van der Waals surface area contributed by atoms with Crippen LogP contribution >= 0.6 is 0 Å². The Bertz CT molecular complexity index is 1270. The summed E-state index contributed by atoms with van der Waals surface area (Å²) < 4.78 is 12.1. The zero-order chi connectivity index (χ0) is 24.2. The summed E-state index contributed by atoms with van der Waals surface area (Å²) in [6, 6.07) is 9.22. The average molecular weight is 467 g/mol. The molecule has 0 spiro atoms. The molecule has 1 aromatic heterocycles. The van der Waals surface area contributed by atoms with Gasteiger partial charge in [-0.25, -0.2) is 10.3 Å². The van der Waals surface area contributed by atoms with Crippen molar-refractivity contribution in [2.45, 2.75) is 25.5 Å². The fraction of sp³-hybridized carbons (Fsp3) is 0.190. The molecule has 0 radical (unpaired) electrons. The zero-order valence-electron chi connectivity index (χ0n) is 17.4. The highest BCUT2D eigenvalue weighted by molar-refractivity contribution is 5.78. The number of hydrogen-bond donors (Lipinski definition) is 1. The van der Waals surface area contributed by atoms with E-state index in [0.717, 1.165) is 17.7 Å². The van der Waals surface area contributed by atoms with Gasteiger partial charge in [-0.15, -0.1) is 0 Å². The molecule has 2 heterocycles. The minimum Gasteiger partial charge on any atom is -0.420 e. The summed E-state index contributed by atoms with van der Waals surface area (Å²) >= 11 is 0. The van der Waals surface area contributed by atoms with E-state index in [2.05, 4.69) is 10.3 Å². The number of aldehydes is 1. The van der Waals surface area contributed by atoms with Gasteiger partial charge in [-0.3, -0.25) is 34.4 Å². The Hall–Kier alpha value is -4.49. The van der Waals surface area contributed by atoms with Gasteiger partial charge in [-0.05, 0) is 17.7 Å². The molecule has 1 aliphatic heterocycles. The molecule has 2 aromatic carbocycles. The van der Waals surface area contributed by atoms with Crippen LogP contribution in [0.15, 0.2) is 55.0 Å². The van der Waals surface area contributed by atoms with Crippen LogP contribution < -0.4 is 5.32 Å². The van der Waals surface area contributed by atoms with Crippen LogP contribution in [0.25, 0.3) is 5.69 Å². The van der Waals surface area contributed by atoms with E-state index in [1.165, 1.54) is 23.2 Å². The van der Waals surface area contributed by atoms with E-state index in [1.54, 1.807) is 24.3 Å². The molecule has 0 amide bonds. The molecule has 0 aliphatic carbocycles. The summed E-state index contributed by atoms with van der Waals surface area (Å²) in [5.41, 5.74) is 0.812. The summed E-state index contributed by atoms with van der Waals surface area (Å²) in [7, 11) is 0. The highest BCUT2D eigenvalue weighted by Crippen LogP contribution is 2.29. The topological polar surface area (TPSA) is 169 Å². The molecular formula is C21H17N5O8.